The SMILES string of the molecule is C=CC1(Cc2nc(-c3cnc[nH]3)no2)CCCCC1. The molecular weight excluding hydrogens is 240 g/mol. The molecule has 2 aromatic heterocycles. The van der Waals surface area contributed by atoms with Gasteiger partial charge in [0.05, 0.1) is 12.5 Å². The largest absolute Gasteiger partial charge is 0.342 e. The van der Waals surface area contributed by atoms with Gasteiger partial charge in [-0.25, -0.2) is 4.98 Å². The zero-order valence-corrected chi connectivity index (χ0v) is 10.9. The minimum atomic E-state index is 0.135. The maximum atomic E-state index is 5.36. The van der Waals surface area contributed by atoms with Crippen molar-refractivity contribution in [3.8, 4) is 11.5 Å². The van der Waals surface area contributed by atoms with Gasteiger partial charge in [0.25, 0.3) is 0 Å². The van der Waals surface area contributed by atoms with Crippen molar-refractivity contribution in [1.29, 1.82) is 0 Å². The summed E-state index contributed by atoms with van der Waals surface area (Å²) in [5, 5.41) is 4.00. The maximum absolute atomic E-state index is 5.36. The fraction of sp³-hybridized carbons (Fsp3) is 0.500. The zero-order chi connectivity index (χ0) is 13.1. The maximum Gasteiger partial charge on any atom is 0.227 e. The molecule has 2 aromatic rings. The first kappa shape index (κ1) is 12.1. The number of aromatic nitrogens is 4. The first-order valence-corrected chi connectivity index (χ1v) is 6.76. The zero-order valence-electron chi connectivity index (χ0n) is 10.9. The summed E-state index contributed by atoms with van der Waals surface area (Å²) in [6, 6.07) is 0. The smallest absolute Gasteiger partial charge is 0.227 e. The standard InChI is InChI=1S/C14H18N4O/c1-2-14(6-4-3-5-7-14)8-12-17-13(18-19-12)11-9-15-10-16-11/h2,9-10H,1,3-8H2,(H,15,16). The van der Waals surface area contributed by atoms with Crippen molar-refractivity contribution in [3.05, 3.63) is 31.1 Å². The Hall–Kier alpha value is -1.91. The van der Waals surface area contributed by atoms with Crippen LogP contribution in [0.3, 0.4) is 0 Å². The van der Waals surface area contributed by atoms with Crippen LogP contribution < -0.4 is 0 Å². The van der Waals surface area contributed by atoms with Gasteiger partial charge in [-0.2, -0.15) is 4.98 Å². The van der Waals surface area contributed by atoms with Gasteiger partial charge < -0.3 is 9.51 Å². The van der Waals surface area contributed by atoms with E-state index >= 15 is 0 Å². The second kappa shape index (κ2) is 4.99. The van der Waals surface area contributed by atoms with Crippen LogP contribution in [0.5, 0.6) is 0 Å². The molecule has 5 heteroatoms. The Morgan fingerprint density at radius 2 is 2.21 bits per heavy atom. The highest BCUT2D eigenvalue weighted by molar-refractivity contribution is 5.45. The van der Waals surface area contributed by atoms with Gasteiger partial charge in [-0.1, -0.05) is 30.5 Å². The van der Waals surface area contributed by atoms with Crippen molar-refractivity contribution < 1.29 is 4.52 Å². The Morgan fingerprint density at radius 1 is 1.37 bits per heavy atom. The van der Waals surface area contributed by atoms with Gasteiger partial charge in [-0.05, 0) is 18.3 Å². The molecule has 1 aliphatic rings. The molecule has 0 aromatic carbocycles. The number of aromatic amines is 1. The third-order valence-corrected chi connectivity index (χ3v) is 3.99. The van der Waals surface area contributed by atoms with Crippen molar-refractivity contribution in [2.75, 3.05) is 0 Å². The van der Waals surface area contributed by atoms with E-state index in [1.807, 2.05) is 0 Å². The molecule has 0 spiro atoms. The molecule has 3 rings (SSSR count). The number of allylic oxidation sites excluding steroid dienone is 1. The number of H-pyrrole nitrogens is 1. The number of hydrogen-bond acceptors (Lipinski definition) is 4. The van der Waals surface area contributed by atoms with E-state index < -0.39 is 0 Å². The second-order valence-corrected chi connectivity index (χ2v) is 5.28. The molecule has 0 atom stereocenters. The summed E-state index contributed by atoms with van der Waals surface area (Å²) in [6.45, 7) is 4.00. The van der Waals surface area contributed by atoms with Gasteiger partial charge in [0.1, 0.15) is 5.69 Å². The van der Waals surface area contributed by atoms with Crippen LogP contribution in [0.1, 0.15) is 38.0 Å². The fourth-order valence-corrected chi connectivity index (χ4v) is 2.82. The fourth-order valence-electron chi connectivity index (χ4n) is 2.82. The van der Waals surface area contributed by atoms with E-state index in [2.05, 4.69) is 32.8 Å². The van der Waals surface area contributed by atoms with Crippen LogP contribution in [0, 0.1) is 5.41 Å². The van der Waals surface area contributed by atoms with Gasteiger partial charge >= 0.3 is 0 Å². The van der Waals surface area contributed by atoms with Crippen LogP contribution in [0.25, 0.3) is 11.5 Å². The van der Waals surface area contributed by atoms with E-state index in [4.69, 9.17) is 4.52 Å². The van der Waals surface area contributed by atoms with E-state index in [-0.39, 0.29) is 5.41 Å². The summed E-state index contributed by atoms with van der Waals surface area (Å²) in [7, 11) is 0. The molecule has 1 aliphatic carbocycles. The van der Waals surface area contributed by atoms with Crippen LogP contribution in [0.4, 0.5) is 0 Å². The number of imidazole rings is 1. The van der Waals surface area contributed by atoms with Crippen molar-refractivity contribution in [1.82, 2.24) is 20.1 Å². The lowest BCUT2D eigenvalue weighted by atomic mass is 9.72. The number of rotatable bonds is 4. The predicted molar refractivity (Wildman–Crippen MR) is 71.3 cm³/mol. The third kappa shape index (κ3) is 2.45. The summed E-state index contributed by atoms with van der Waals surface area (Å²) >= 11 is 0. The van der Waals surface area contributed by atoms with Crippen LogP contribution in [0.15, 0.2) is 29.7 Å². The summed E-state index contributed by atoms with van der Waals surface area (Å²) in [4.78, 5) is 11.4. The molecule has 1 N–H and O–H groups in total. The van der Waals surface area contributed by atoms with Crippen LogP contribution in [0.2, 0.25) is 0 Å². The molecule has 19 heavy (non-hydrogen) atoms. The van der Waals surface area contributed by atoms with Crippen molar-refractivity contribution in [2.24, 2.45) is 5.41 Å². The first-order chi connectivity index (χ1) is 9.31. The Labute approximate surface area is 112 Å². The average Bonchev–Trinajstić information content (AvgIpc) is 3.10. The van der Waals surface area contributed by atoms with Crippen molar-refractivity contribution in [2.45, 2.75) is 38.5 Å². The Balaban J connectivity index is 1.77. The van der Waals surface area contributed by atoms with Gasteiger partial charge in [-0.15, -0.1) is 6.58 Å². The molecule has 100 valence electrons. The molecule has 0 saturated heterocycles. The van der Waals surface area contributed by atoms with E-state index in [9.17, 15) is 0 Å². The lowest BCUT2D eigenvalue weighted by Crippen LogP contribution is -2.24. The Morgan fingerprint density at radius 3 is 2.89 bits per heavy atom. The summed E-state index contributed by atoms with van der Waals surface area (Å²) < 4.78 is 5.36. The lowest BCUT2D eigenvalue weighted by molar-refractivity contribution is 0.228. The first-order valence-electron chi connectivity index (χ1n) is 6.76. The number of nitrogens with zero attached hydrogens (tertiary/aromatic N) is 3. The number of nitrogens with one attached hydrogen (secondary N) is 1. The van der Waals surface area contributed by atoms with Gasteiger partial charge in [0.15, 0.2) is 0 Å². The molecule has 0 radical (unpaired) electrons. The lowest BCUT2D eigenvalue weighted by Gasteiger charge is -2.33. The van der Waals surface area contributed by atoms with E-state index in [1.165, 1.54) is 19.3 Å². The quantitative estimate of drug-likeness (QED) is 0.855. The van der Waals surface area contributed by atoms with Gasteiger partial charge in [-0.3, -0.25) is 0 Å². The molecule has 2 heterocycles. The monoisotopic (exact) mass is 258 g/mol. The van der Waals surface area contributed by atoms with Crippen molar-refractivity contribution in [3.63, 3.8) is 0 Å². The van der Waals surface area contributed by atoms with E-state index in [0.717, 1.165) is 25.0 Å². The van der Waals surface area contributed by atoms with Crippen LogP contribution in [-0.4, -0.2) is 20.1 Å². The molecule has 0 amide bonds. The molecular formula is C14H18N4O. The minimum absolute atomic E-state index is 0.135. The minimum Gasteiger partial charge on any atom is -0.342 e. The van der Waals surface area contributed by atoms with Crippen molar-refractivity contribution >= 4 is 0 Å². The number of hydrogen-bond donors (Lipinski definition) is 1. The summed E-state index contributed by atoms with van der Waals surface area (Å²) in [6.07, 6.45) is 12.3. The predicted octanol–water partition coefficient (Wildman–Crippen LogP) is 3.14. The van der Waals surface area contributed by atoms with E-state index in [0.29, 0.717) is 11.7 Å². The molecule has 5 nitrogen and oxygen atoms in total. The highest BCUT2D eigenvalue weighted by Gasteiger charge is 2.31. The molecule has 1 fully saturated rings. The highest BCUT2D eigenvalue weighted by Crippen LogP contribution is 2.40. The van der Waals surface area contributed by atoms with Crippen LogP contribution >= 0.6 is 0 Å². The third-order valence-electron chi connectivity index (χ3n) is 3.99. The Kier molecular flexibility index (Phi) is 3.19. The molecule has 1 saturated carbocycles. The molecule has 0 aliphatic heterocycles. The van der Waals surface area contributed by atoms with Crippen LogP contribution in [-0.2, 0) is 6.42 Å². The summed E-state index contributed by atoms with van der Waals surface area (Å²) in [5.74, 6) is 1.26. The van der Waals surface area contributed by atoms with Gasteiger partial charge in [0, 0.05) is 6.42 Å². The molecule has 0 bridgehead atoms. The highest BCUT2D eigenvalue weighted by atomic mass is 16.5. The normalized spacial score (nSPS) is 18.3. The Bertz CT molecular complexity index is 538. The topological polar surface area (TPSA) is 67.6 Å². The van der Waals surface area contributed by atoms with Gasteiger partial charge in [0.2, 0.25) is 11.7 Å². The summed E-state index contributed by atoms with van der Waals surface area (Å²) in [5.41, 5.74) is 0.919. The average molecular weight is 258 g/mol. The second-order valence-electron chi connectivity index (χ2n) is 5.28. The van der Waals surface area contributed by atoms with E-state index in [1.54, 1.807) is 12.5 Å². The molecule has 0 unspecified atom stereocenters.